The van der Waals surface area contributed by atoms with Crippen molar-refractivity contribution in [1.82, 2.24) is 4.98 Å². The Kier molecular flexibility index (Phi) is 4.86. The van der Waals surface area contributed by atoms with Gasteiger partial charge in [0.1, 0.15) is 10.7 Å². The van der Waals surface area contributed by atoms with E-state index in [1.807, 2.05) is 30.1 Å². The topological polar surface area (TPSA) is 50.3 Å². The largest absolute Gasteiger partial charge is 0.354 e. The lowest BCUT2D eigenvalue weighted by Crippen LogP contribution is -2.20. The molecule has 0 aliphatic carbocycles. The highest BCUT2D eigenvalue weighted by atomic mass is 32.2. The Morgan fingerprint density at radius 3 is 2.16 bits per heavy atom. The van der Waals surface area contributed by atoms with Crippen molar-refractivity contribution >= 4 is 15.7 Å². The molecule has 0 bridgehead atoms. The van der Waals surface area contributed by atoms with E-state index in [4.69, 9.17) is 0 Å². The zero-order chi connectivity index (χ0) is 17.9. The minimum atomic E-state index is -3.32. The van der Waals surface area contributed by atoms with Crippen LogP contribution in [0.2, 0.25) is 0 Å². The molecule has 128 valence electrons. The van der Waals surface area contributed by atoms with Crippen LogP contribution >= 0.6 is 0 Å². The summed E-state index contributed by atoms with van der Waals surface area (Å²) in [4.78, 5) is 6.36. The van der Waals surface area contributed by atoms with Gasteiger partial charge in [0.15, 0.2) is 9.84 Å². The molecule has 0 unspecified atom stereocenters. The van der Waals surface area contributed by atoms with Gasteiger partial charge in [0.05, 0.1) is 0 Å². The van der Waals surface area contributed by atoms with Gasteiger partial charge >= 0.3 is 0 Å². The standard InChI is InChI=1S/C20H20N2O2S/c1-22(20-19(25(2,23)24)9-6-14-21-20)15-16-10-12-18(13-11-16)17-7-4-3-5-8-17/h3-14H,15H2,1-2H3. The number of pyridine rings is 1. The van der Waals surface area contributed by atoms with Gasteiger partial charge in [0.25, 0.3) is 0 Å². The highest BCUT2D eigenvalue weighted by Gasteiger charge is 2.17. The maximum absolute atomic E-state index is 11.9. The second-order valence-corrected chi connectivity index (χ2v) is 8.00. The van der Waals surface area contributed by atoms with Crippen molar-refractivity contribution < 1.29 is 8.42 Å². The van der Waals surface area contributed by atoms with Gasteiger partial charge in [0, 0.05) is 26.0 Å². The third kappa shape index (κ3) is 4.06. The number of hydrogen-bond donors (Lipinski definition) is 0. The highest BCUT2D eigenvalue weighted by molar-refractivity contribution is 7.90. The SMILES string of the molecule is CN(Cc1ccc(-c2ccccc2)cc1)c1ncccc1S(C)(=O)=O. The molecular formula is C20H20N2O2S. The van der Waals surface area contributed by atoms with Crippen molar-refractivity contribution in [3.8, 4) is 11.1 Å². The Hall–Kier alpha value is -2.66. The molecule has 0 aliphatic heterocycles. The summed E-state index contributed by atoms with van der Waals surface area (Å²) in [5, 5.41) is 0. The molecule has 5 heteroatoms. The summed E-state index contributed by atoms with van der Waals surface area (Å²) >= 11 is 0. The lowest BCUT2D eigenvalue weighted by Gasteiger charge is -2.20. The van der Waals surface area contributed by atoms with E-state index in [9.17, 15) is 8.42 Å². The lowest BCUT2D eigenvalue weighted by molar-refractivity contribution is 0.601. The van der Waals surface area contributed by atoms with Gasteiger partial charge in [-0.05, 0) is 28.8 Å². The molecule has 2 aromatic carbocycles. The fourth-order valence-electron chi connectivity index (χ4n) is 2.74. The molecular weight excluding hydrogens is 332 g/mol. The average Bonchev–Trinajstić information content (AvgIpc) is 2.62. The van der Waals surface area contributed by atoms with Gasteiger partial charge in [-0.25, -0.2) is 13.4 Å². The first-order valence-electron chi connectivity index (χ1n) is 7.96. The number of hydrogen-bond acceptors (Lipinski definition) is 4. The predicted molar refractivity (Wildman–Crippen MR) is 101 cm³/mol. The van der Waals surface area contributed by atoms with Gasteiger partial charge in [-0.3, -0.25) is 0 Å². The first kappa shape index (κ1) is 17.2. The minimum absolute atomic E-state index is 0.249. The number of sulfone groups is 1. The van der Waals surface area contributed by atoms with E-state index in [0.717, 1.165) is 11.1 Å². The van der Waals surface area contributed by atoms with Crippen LogP contribution < -0.4 is 4.90 Å². The Labute approximate surface area is 148 Å². The molecule has 1 aromatic heterocycles. The molecule has 0 radical (unpaired) electrons. The van der Waals surface area contributed by atoms with Crippen LogP contribution in [0.5, 0.6) is 0 Å². The van der Waals surface area contributed by atoms with Crippen molar-refractivity contribution in [3.05, 3.63) is 78.5 Å². The fourth-order valence-corrected chi connectivity index (χ4v) is 3.61. The highest BCUT2D eigenvalue weighted by Crippen LogP contribution is 2.24. The summed E-state index contributed by atoms with van der Waals surface area (Å²) in [5.41, 5.74) is 3.42. The van der Waals surface area contributed by atoms with Crippen LogP contribution in [0.15, 0.2) is 77.8 Å². The number of benzene rings is 2. The maximum atomic E-state index is 11.9. The van der Waals surface area contributed by atoms with Gasteiger partial charge in [-0.1, -0.05) is 54.6 Å². The van der Waals surface area contributed by atoms with E-state index in [-0.39, 0.29) is 4.90 Å². The summed E-state index contributed by atoms with van der Waals surface area (Å²) < 4.78 is 23.9. The van der Waals surface area contributed by atoms with Gasteiger partial charge < -0.3 is 4.90 Å². The third-order valence-electron chi connectivity index (χ3n) is 3.99. The van der Waals surface area contributed by atoms with Gasteiger partial charge in [-0.15, -0.1) is 0 Å². The van der Waals surface area contributed by atoms with E-state index in [2.05, 4.69) is 41.4 Å². The number of anilines is 1. The molecule has 0 fully saturated rings. The third-order valence-corrected chi connectivity index (χ3v) is 5.11. The van der Waals surface area contributed by atoms with E-state index in [0.29, 0.717) is 12.4 Å². The summed E-state index contributed by atoms with van der Waals surface area (Å²) in [6.07, 6.45) is 2.81. The van der Waals surface area contributed by atoms with Crippen LogP contribution in [0.4, 0.5) is 5.82 Å². The first-order chi connectivity index (χ1) is 11.9. The predicted octanol–water partition coefficient (Wildman–Crippen LogP) is 3.79. The van der Waals surface area contributed by atoms with Crippen molar-refractivity contribution in [2.75, 3.05) is 18.2 Å². The minimum Gasteiger partial charge on any atom is -0.354 e. The summed E-state index contributed by atoms with van der Waals surface area (Å²) in [5.74, 6) is 0.470. The van der Waals surface area contributed by atoms with E-state index in [1.165, 1.54) is 11.8 Å². The molecule has 4 nitrogen and oxygen atoms in total. The van der Waals surface area contributed by atoms with Crippen molar-refractivity contribution in [2.24, 2.45) is 0 Å². The van der Waals surface area contributed by atoms with E-state index in [1.54, 1.807) is 18.3 Å². The van der Waals surface area contributed by atoms with E-state index >= 15 is 0 Å². The zero-order valence-electron chi connectivity index (χ0n) is 14.3. The van der Waals surface area contributed by atoms with E-state index < -0.39 is 9.84 Å². The Morgan fingerprint density at radius 1 is 0.880 bits per heavy atom. The van der Waals surface area contributed by atoms with Crippen molar-refractivity contribution in [2.45, 2.75) is 11.4 Å². The van der Waals surface area contributed by atoms with Crippen LogP contribution in [0.25, 0.3) is 11.1 Å². The Bertz CT molecular complexity index is 953. The van der Waals surface area contributed by atoms with Crippen LogP contribution in [0.3, 0.4) is 0 Å². The molecule has 0 saturated carbocycles. The smallest absolute Gasteiger partial charge is 0.179 e. The Morgan fingerprint density at radius 2 is 1.52 bits per heavy atom. The van der Waals surface area contributed by atoms with Gasteiger partial charge in [-0.2, -0.15) is 0 Å². The number of nitrogens with zero attached hydrogens (tertiary/aromatic N) is 2. The number of aromatic nitrogens is 1. The maximum Gasteiger partial charge on any atom is 0.179 e. The van der Waals surface area contributed by atoms with Crippen LogP contribution in [0, 0.1) is 0 Å². The second kappa shape index (κ2) is 7.07. The van der Waals surface area contributed by atoms with Crippen LogP contribution in [0.1, 0.15) is 5.56 Å². The van der Waals surface area contributed by atoms with Crippen LogP contribution in [-0.4, -0.2) is 26.7 Å². The van der Waals surface area contributed by atoms with Gasteiger partial charge in [0.2, 0.25) is 0 Å². The Balaban J connectivity index is 1.82. The van der Waals surface area contributed by atoms with Crippen LogP contribution in [-0.2, 0) is 16.4 Å². The molecule has 0 saturated heterocycles. The summed E-state index contributed by atoms with van der Waals surface area (Å²) in [6, 6.07) is 21.7. The molecule has 3 rings (SSSR count). The second-order valence-electron chi connectivity index (χ2n) is 6.02. The fraction of sp³-hybridized carbons (Fsp3) is 0.150. The van der Waals surface area contributed by atoms with Crippen molar-refractivity contribution in [1.29, 1.82) is 0 Å². The molecule has 0 aliphatic rings. The normalized spacial score (nSPS) is 11.3. The molecule has 1 heterocycles. The molecule has 0 N–H and O–H groups in total. The molecule has 0 atom stereocenters. The summed E-state index contributed by atoms with van der Waals surface area (Å²) in [6.45, 7) is 0.578. The average molecular weight is 352 g/mol. The molecule has 25 heavy (non-hydrogen) atoms. The first-order valence-corrected chi connectivity index (χ1v) is 9.85. The molecule has 3 aromatic rings. The monoisotopic (exact) mass is 352 g/mol. The quantitative estimate of drug-likeness (QED) is 0.701. The van der Waals surface area contributed by atoms with Crippen molar-refractivity contribution in [3.63, 3.8) is 0 Å². The summed E-state index contributed by atoms with van der Waals surface area (Å²) in [7, 11) is -1.47. The zero-order valence-corrected chi connectivity index (χ0v) is 15.1. The molecule has 0 spiro atoms. The molecule has 0 amide bonds. The lowest BCUT2D eigenvalue weighted by atomic mass is 10.0. The number of rotatable bonds is 5.